The van der Waals surface area contributed by atoms with Gasteiger partial charge in [0, 0.05) is 24.5 Å². The van der Waals surface area contributed by atoms with Crippen molar-refractivity contribution in [2.24, 2.45) is 7.05 Å². The number of Topliss-reactive ketones (excluding diaryl/α,β-unsaturated/α-hetero) is 1. The maximum atomic E-state index is 11.3. The van der Waals surface area contributed by atoms with Crippen molar-refractivity contribution >= 4 is 34.5 Å². The van der Waals surface area contributed by atoms with E-state index < -0.39 is 0 Å². The van der Waals surface area contributed by atoms with Gasteiger partial charge in [-0.15, -0.1) is 0 Å². The van der Waals surface area contributed by atoms with E-state index in [4.69, 9.17) is 12.2 Å². The van der Waals surface area contributed by atoms with Crippen LogP contribution in [0, 0.1) is 6.92 Å². The first-order valence-electron chi connectivity index (χ1n) is 6.15. The van der Waals surface area contributed by atoms with Crippen LogP contribution >= 0.6 is 12.2 Å². The zero-order chi connectivity index (χ0) is 14.7. The number of aryl methyl sites for hydroxylation is 2. The van der Waals surface area contributed by atoms with Crippen molar-refractivity contribution in [3.63, 3.8) is 0 Å². The summed E-state index contributed by atoms with van der Waals surface area (Å²) in [6, 6.07) is 7.22. The Morgan fingerprint density at radius 1 is 1.35 bits per heavy atom. The summed E-state index contributed by atoms with van der Waals surface area (Å²) in [6.07, 6.45) is 1.86. The highest BCUT2D eigenvalue weighted by molar-refractivity contribution is 7.80. The smallest absolute Gasteiger partial charge is 0.175 e. The molecule has 2 N–H and O–H groups in total. The molecule has 0 bridgehead atoms. The van der Waals surface area contributed by atoms with Crippen LogP contribution in [0.4, 0.5) is 11.4 Å². The molecule has 104 valence electrons. The molecule has 0 spiro atoms. The molecule has 6 heteroatoms. The van der Waals surface area contributed by atoms with Crippen LogP contribution in [-0.4, -0.2) is 20.7 Å². The zero-order valence-electron chi connectivity index (χ0n) is 11.6. The largest absolute Gasteiger partial charge is 0.332 e. The molecule has 0 atom stereocenters. The lowest BCUT2D eigenvalue weighted by atomic mass is 10.1. The minimum Gasteiger partial charge on any atom is -0.332 e. The number of hydrogen-bond donors (Lipinski definition) is 2. The minimum absolute atomic E-state index is 0.0237. The predicted molar refractivity (Wildman–Crippen MR) is 84.2 cm³/mol. The molecule has 5 nitrogen and oxygen atoms in total. The maximum Gasteiger partial charge on any atom is 0.175 e. The zero-order valence-corrected chi connectivity index (χ0v) is 12.4. The number of rotatable bonds is 3. The summed E-state index contributed by atoms with van der Waals surface area (Å²) in [5.41, 5.74) is 3.15. The quantitative estimate of drug-likeness (QED) is 0.672. The van der Waals surface area contributed by atoms with Gasteiger partial charge in [0.1, 0.15) is 0 Å². The third kappa shape index (κ3) is 3.42. The van der Waals surface area contributed by atoms with Crippen molar-refractivity contribution in [3.8, 4) is 0 Å². The number of anilines is 2. The fourth-order valence-corrected chi connectivity index (χ4v) is 2.05. The monoisotopic (exact) mass is 288 g/mol. The van der Waals surface area contributed by atoms with Gasteiger partial charge in [-0.05, 0) is 38.2 Å². The molecule has 0 amide bonds. The lowest BCUT2D eigenvalue weighted by molar-refractivity contribution is 0.101. The van der Waals surface area contributed by atoms with Gasteiger partial charge in [0.15, 0.2) is 10.9 Å². The summed E-state index contributed by atoms with van der Waals surface area (Å²) < 4.78 is 1.72. The Hall–Kier alpha value is -2.21. The summed E-state index contributed by atoms with van der Waals surface area (Å²) in [4.78, 5) is 11.3. The Labute approximate surface area is 123 Å². The van der Waals surface area contributed by atoms with E-state index in [1.54, 1.807) is 16.8 Å². The highest BCUT2D eigenvalue weighted by Crippen LogP contribution is 2.14. The number of nitrogens with zero attached hydrogens (tertiary/aromatic N) is 2. The Morgan fingerprint density at radius 3 is 2.70 bits per heavy atom. The number of nitrogens with one attached hydrogen (secondary N) is 2. The lowest BCUT2D eigenvalue weighted by Gasteiger charge is -2.10. The second-order valence-corrected chi connectivity index (χ2v) is 4.93. The van der Waals surface area contributed by atoms with Crippen LogP contribution in [0.3, 0.4) is 0 Å². The van der Waals surface area contributed by atoms with Gasteiger partial charge in [-0.1, -0.05) is 12.1 Å². The molecule has 0 unspecified atom stereocenters. The van der Waals surface area contributed by atoms with Gasteiger partial charge in [-0.3, -0.25) is 9.48 Å². The molecular weight excluding hydrogens is 272 g/mol. The average Bonchev–Trinajstić information content (AvgIpc) is 2.67. The summed E-state index contributed by atoms with van der Waals surface area (Å²) in [5.74, 6) is 0.0237. The predicted octanol–water partition coefficient (Wildman–Crippen LogP) is 2.74. The lowest BCUT2D eigenvalue weighted by Crippen LogP contribution is -2.19. The first-order valence-corrected chi connectivity index (χ1v) is 6.56. The van der Waals surface area contributed by atoms with Crippen LogP contribution in [0.25, 0.3) is 0 Å². The van der Waals surface area contributed by atoms with Crippen LogP contribution in [-0.2, 0) is 7.05 Å². The van der Waals surface area contributed by atoms with Crippen LogP contribution in [0.5, 0.6) is 0 Å². The Balaban J connectivity index is 2.06. The molecule has 0 aliphatic heterocycles. The average molecular weight is 288 g/mol. The molecule has 0 saturated carbocycles. The van der Waals surface area contributed by atoms with Gasteiger partial charge in [0.2, 0.25) is 0 Å². The van der Waals surface area contributed by atoms with Crippen molar-refractivity contribution in [2.45, 2.75) is 13.8 Å². The molecule has 1 aromatic carbocycles. The molecule has 2 aromatic rings. The second kappa shape index (κ2) is 5.83. The number of carbonyl (C=O) groups is 1. The molecule has 1 heterocycles. The number of ketones is 1. The summed E-state index contributed by atoms with van der Waals surface area (Å²) in [5, 5.41) is 10.8. The summed E-state index contributed by atoms with van der Waals surface area (Å²) >= 11 is 5.25. The fraction of sp³-hybridized carbons (Fsp3) is 0.214. The second-order valence-electron chi connectivity index (χ2n) is 4.52. The number of benzene rings is 1. The van der Waals surface area contributed by atoms with Crippen molar-refractivity contribution in [1.82, 2.24) is 9.78 Å². The van der Waals surface area contributed by atoms with Crippen molar-refractivity contribution in [1.29, 1.82) is 0 Å². The molecular formula is C14H16N4OS. The molecule has 0 fully saturated rings. The van der Waals surface area contributed by atoms with Gasteiger partial charge in [0.05, 0.1) is 11.4 Å². The van der Waals surface area contributed by atoms with E-state index in [9.17, 15) is 4.79 Å². The Bertz CT molecular complexity index is 663. The molecule has 0 aliphatic carbocycles. The molecule has 0 radical (unpaired) electrons. The van der Waals surface area contributed by atoms with E-state index in [2.05, 4.69) is 15.7 Å². The highest BCUT2D eigenvalue weighted by Gasteiger charge is 2.06. The molecule has 2 rings (SSSR count). The third-order valence-electron chi connectivity index (χ3n) is 2.79. The molecule has 20 heavy (non-hydrogen) atoms. The van der Waals surface area contributed by atoms with Gasteiger partial charge in [0.25, 0.3) is 0 Å². The number of aromatic nitrogens is 2. The number of carbonyl (C=O) groups excluding carboxylic acids is 1. The van der Waals surface area contributed by atoms with Crippen LogP contribution < -0.4 is 10.6 Å². The van der Waals surface area contributed by atoms with E-state index >= 15 is 0 Å². The van der Waals surface area contributed by atoms with E-state index in [0.717, 1.165) is 17.1 Å². The van der Waals surface area contributed by atoms with Crippen molar-refractivity contribution < 1.29 is 4.79 Å². The third-order valence-corrected chi connectivity index (χ3v) is 2.99. The standard InChI is InChI=1S/C14H16N4OS/c1-9-13(8-18(3)17-9)16-14(20)15-12-6-4-5-11(7-12)10(2)19/h4-8H,1-3H3,(H2,15,16,20). The molecule has 0 saturated heterocycles. The van der Waals surface area contributed by atoms with E-state index in [0.29, 0.717) is 10.7 Å². The van der Waals surface area contributed by atoms with Crippen molar-refractivity contribution in [3.05, 3.63) is 41.7 Å². The first kappa shape index (κ1) is 14.2. The van der Waals surface area contributed by atoms with Crippen molar-refractivity contribution in [2.75, 3.05) is 10.6 Å². The highest BCUT2D eigenvalue weighted by atomic mass is 32.1. The number of thiocarbonyl (C=S) groups is 1. The van der Waals surface area contributed by atoms with Crippen LogP contribution in [0.15, 0.2) is 30.5 Å². The maximum absolute atomic E-state index is 11.3. The van der Waals surface area contributed by atoms with E-state index in [1.807, 2.05) is 32.3 Å². The van der Waals surface area contributed by atoms with Gasteiger partial charge in [-0.2, -0.15) is 5.10 Å². The SMILES string of the molecule is CC(=O)c1cccc(NC(=S)Nc2cn(C)nc2C)c1. The van der Waals surface area contributed by atoms with Gasteiger partial charge >= 0.3 is 0 Å². The van der Waals surface area contributed by atoms with Crippen LogP contribution in [0.2, 0.25) is 0 Å². The normalized spacial score (nSPS) is 10.2. The fourth-order valence-electron chi connectivity index (χ4n) is 1.82. The topological polar surface area (TPSA) is 59.0 Å². The Morgan fingerprint density at radius 2 is 2.10 bits per heavy atom. The number of hydrogen-bond acceptors (Lipinski definition) is 3. The Kier molecular flexibility index (Phi) is 4.14. The summed E-state index contributed by atoms with van der Waals surface area (Å²) in [6.45, 7) is 3.44. The van der Waals surface area contributed by atoms with E-state index in [-0.39, 0.29) is 5.78 Å². The van der Waals surface area contributed by atoms with Gasteiger partial charge in [-0.25, -0.2) is 0 Å². The molecule has 1 aromatic heterocycles. The minimum atomic E-state index is 0.0237. The first-order chi connectivity index (χ1) is 9.45. The van der Waals surface area contributed by atoms with Crippen LogP contribution in [0.1, 0.15) is 23.0 Å². The summed E-state index contributed by atoms with van der Waals surface area (Å²) in [7, 11) is 1.85. The molecule has 0 aliphatic rings. The van der Waals surface area contributed by atoms with Gasteiger partial charge < -0.3 is 10.6 Å². The van der Waals surface area contributed by atoms with E-state index in [1.165, 1.54) is 6.92 Å².